The molecule has 0 unspecified atom stereocenters. The number of piperidine rings is 1. The smallest absolute Gasteiger partial charge is 0.273 e. The van der Waals surface area contributed by atoms with Crippen LogP contribution in [0.15, 0.2) is 11.4 Å². The molecule has 1 amide bonds. The number of aromatic nitrogens is 3. The number of nitrogens with zero attached hydrogens (tertiary/aromatic N) is 4. The van der Waals surface area contributed by atoms with E-state index in [0.29, 0.717) is 18.3 Å². The summed E-state index contributed by atoms with van der Waals surface area (Å²) in [5.74, 6) is -0.115. The van der Waals surface area contributed by atoms with Gasteiger partial charge < -0.3 is 10.6 Å². The predicted molar refractivity (Wildman–Crippen MR) is 116 cm³/mol. The van der Waals surface area contributed by atoms with Gasteiger partial charge in [-0.05, 0) is 56.3 Å². The van der Waals surface area contributed by atoms with Gasteiger partial charge in [0.15, 0.2) is 5.69 Å². The second kappa shape index (κ2) is 10.5. The highest BCUT2D eigenvalue weighted by molar-refractivity contribution is 7.10. The summed E-state index contributed by atoms with van der Waals surface area (Å²) in [6.45, 7) is 7.48. The average molecular weight is 447 g/mol. The number of hydrogen-bond acceptors (Lipinski definition) is 6. The highest BCUT2D eigenvalue weighted by Gasteiger charge is 2.23. The second-order valence-electron chi connectivity index (χ2n) is 7.10. The number of nitrogens with one attached hydrogen (secondary N) is 2. The van der Waals surface area contributed by atoms with Gasteiger partial charge in [-0.25, -0.2) is 4.68 Å². The largest absolute Gasteiger partial charge is 0.349 e. The zero-order chi connectivity index (χ0) is 17.9. The molecule has 7 nitrogen and oxygen atoms in total. The third-order valence-electron chi connectivity index (χ3n) is 5.40. The number of thiophene rings is 1. The van der Waals surface area contributed by atoms with E-state index in [2.05, 4.69) is 37.3 Å². The van der Waals surface area contributed by atoms with Crippen molar-refractivity contribution in [1.29, 1.82) is 0 Å². The third-order valence-corrected chi connectivity index (χ3v) is 6.42. The normalized spacial score (nSPS) is 17.3. The number of hydrogen-bond donors (Lipinski definition) is 2. The first kappa shape index (κ1) is 23.1. The Labute approximate surface area is 182 Å². The third kappa shape index (κ3) is 5.04. The summed E-state index contributed by atoms with van der Waals surface area (Å²) in [5, 5.41) is 16.9. The molecule has 0 radical (unpaired) electrons. The molecule has 4 rings (SSSR count). The first-order chi connectivity index (χ1) is 12.7. The molecular formula is C18H28Cl2N6OS. The maximum absolute atomic E-state index is 12.5. The van der Waals surface area contributed by atoms with Gasteiger partial charge in [0.1, 0.15) is 0 Å². The number of carbonyl (C=O) groups excluding carboxylic acids is 1. The maximum Gasteiger partial charge on any atom is 0.273 e. The van der Waals surface area contributed by atoms with Gasteiger partial charge >= 0.3 is 0 Å². The van der Waals surface area contributed by atoms with Crippen LogP contribution in [-0.2, 0) is 13.0 Å². The Morgan fingerprint density at radius 2 is 2.14 bits per heavy atom. The van der Waals surface area contributed by atoms with Crippen molar-refractivity contribution in [3.63, 3.8) is 0 Å². The molecule has 4 heterocycles. The zero-order valence-corrected chi connectivity index (χ0v) is 18.5. The lowest BCUT2D eigenvalue weighted by atomic mass is 10.1. The standard InChI is InChI=1S/C18H26N6OS.2ClH/c1-13-17(21-22-24(13)15-2-6-19-7-3-15)18(25)20-8-10-23-9-4-16-14(12-23)5-11-26-16;;/h5,11,15,19H,2-4,6-10,12H2,1H3,(H,20,25);2*1H. The highest BCUT2D eigenvalue weighted by Crippen LogP contribution is 2.23. The van der Waals surface area contributed by atoms with Crippen molar-refractivity contribution in [3.8, 4) is 0 Å². The van der Waals surface area contributed by atoms with Gasteiger partial charge in [0, 0.05) is 31.1 Å². The van der Waals surface area contributed by atoms with E-state index in [1.54, 1.807) is 0 Å². The van der Waals surface area contributed by atoms with Crippen molar-refractivity contribution < 1.29 is 4.79 Å². The minimum Gasteiger partial charge on any atom is -0.349 e. The van der Waals surface area contributed by atoms with Crippen LogP contribution in [0.25, 0.3) is 0 Å². The fourth-order valence-electron chi connectivity index (χ4n) is 3.86. The van der Waals surface area contributed by atoms with Crippen LogP contribution in [0.1, 0.15) is 45.5 Å². The molecule has 0 aromatic carbocycles. The summed E-state index contributed by atoms with van der Waals surface area (Å²) in [7, 11) is 0. The monoisotopic (exact) mass is 446 g/mol. The van der Waals surface area contributed by atoms with Crippen LogP contribution in [0.3, 0.4) is 0 Å². The molecule has 2 aromatic rings. The van der Waals surface area contributed by atoms with Crippen molar-refractivity contribution in [1.82, 2.24) is 30.5 Å². The Hall–Kier alpha value is -1.19. The topological polar surface area (TPSA) is 75.1 Å². The summed E-state index contributed by atoms with van der Waals surface area (Å²) in [5.41, 5.74) is 2.77. The molecule has 2 aromatic heterocycles. The van der Waals surface area contributed by atoms with Crippen LogP contribution in [0.5, 0.6) is 0 Å². The van der Waals surface area contributed by atoms with Gasteiger partial charge in [-0.1, -0.05) is 5.21 Å². The minimum absolute atomic E-state index is 0. The number of fused-ring (bicyclic) bond motifs is 1. The van der Waals surface area contributed by atoms with E-state index in [1.807, 2.05) is 22.9 Å². The highest BCUT2D eigenvalue weighted by atomic mass is 35.5. The number of amides is 1. The van der Waals surface area contributed by atoms with Gasteiger partial charge in [0.05, 0.1) is 11.7 Å². The first-order valence-corrected chi connectivity index (χ1v) is 10.3. The lowest BCUT2D eigenvalue weighted by Crippen LogP contribution is -2.37. The molecule has 2 aliphatic heterocycles. The zero-order valence-electron chi connectivity index (χ0n) is 16.0. The molecule has 1 fully saturated rings. The second-order valence-corrected chi connectivity index (χ2v) is 8.10. The average Bonchev–Trinajstić information content (AvgIpc) is 3.28. The lowest BCUT2D eigenvalue weighted by molar-refractivity contribution is 0.0941. The van der Waals surface area contributed by atoms with Gasteiger partial charge in [-0.15, -0.1) is 41.2 Å². The Kier molecular flexibility index (Phi) is 8.70. The molecule has 1 saturated heterocycles. The van der Waals surface area contributed by atoms with E-state index < -0.39 is 0 Å². The van der Waals surface area contributed by atoms with Crippen molar-refractivity contribution in [2.24, 2.45) is 0 Å². The fourth-order valence-corrected chi connectivity index (χ4v) is 4.75. The Morgan fingerprint density at radius 1 is 1.36 bits per heavy atom. The van der Waals surface area contributed by atoms with Gasteiger partial charge in [-0.2, -0.15) is 0 Å². The van der Waals surface area contributed by atoms with Crippen LogP contribution in [0.2, 0.25) is 0 Å². The molecule has 28 heavy (non-hydrogen) atoms. The van der Waals surface area contributed by atoms with Crippen molar-refractivity contribution in [2.75, 3.05) is 32.7 Å². The van der Waals surface area contributed by atoms with E-state index in [4.69, 9.17) is 0 Å². The molecule has 0 atom stereocenters. The van der Waals surface area contributed by atoms with Gasteiger partial charge in [-0.3, -0.25) is 9.69 Å². The van der Waals surface area contributed by atoms with Crippen molar-refractivity contribution in [2.45, 2.75) is 38.8 Å². The van der Waals surface area contributed by atoms with E-state index in [0.717, 1.165) is 57.7 Å². The first-order valence-electron chi connectivity index (χ1n) is 9.40. The van der Waals surface area contributed by atoms with E-state index in [-0.39, 0.29) is 30.7 Å². The van der Waals surface area contributed by atoms with E-state index >= 15 is 0 Å². The lowest BCUT2D eigenvalue weighted by Gasteiger charge is -2.26. The molecule has 0 aliphatic carbocycles. The quantitative estimate of drug-likeness (QED) is 0.735. The molecular weight excluding hydrogens is 419 g/mol. The fraction of sp³-hybridized carbons (Fsp3) is 0.611. The van der Waals surface area contributed by atoms with Crippen LogP contribution in [-0.4, -0.2) is 58.5 Å². The number of halogens is 2. The maximum atomic E-state index is 12.5. The molecule has 0 spiro atoms. The van der Waals surface area contributed by atoms with Crippen LogP contribution >= 0.6 is 36.2 Å². The summed E-state index contributed by atoms with van der Waals surface area (Å²) >= 11 is 1.85. The van der Waals surface area contributed by atoms with Crippen LogP contribution < -0.4 is 10.6 Å². The number of rotatable bonds is 5. The van der Waals surface area contributed by atoms with Gasteiger partial charge in [0.2, 0.25) is 0 Å². The summed E-state index contributed by atoms with van der Waals surface area (Å²) in [6.07, 6.45) is 3.18. The molecule has 0 saturated carbocycles. The SMILES string of the molecule is Cc1c(C(=O)NCCN2CCc3sccc3C2)nnn1C1CCNCC1.Cl.Cl. The molecule has 10 heteroatoms. The number of carbonyl (C=O) groups is 1. The minimum atomic E-state index is -0.115. The summed E-state index contributed by atoms with van der Waals surface area (Å²) < 4.78 is 1.93. The van der Waals surface area contributed by atoms with E-state index in [9.17, 15) is 4.79 Å². The summed E-state index contributed by atoms with van der Waals surface area (Å²) in [6, 6.07) is 2.56. The Bertz CT molecular complexity index is 774. The Balaban J connectivity index is 0.00000140. The predicted octanol–water partition coefficient (Wildman–Crippen LogP) is 2.20. The Morgan fingerprint density at radius 3 is 2.93 bits per heavy atom. The van der Waals surface area contributed by atoms with E-state index in [1.165, 1.54) is 10.4 Å². The molecule has 2 aliphatic rings. The summed E-state index contributed by atoms with van der Waals surface area (Å²) in [4.78, 5) is 16.4. The molecule has 2 N–H and O–H groups in total. The van der Waals surface area contributed by atoms with Crippen molar-refractivity contribution in [3.05, 3.63) is 33.3 Å². The van der Waals surface area contributed by atoms with Crippen LogP contribution in [0.4, 0.5) is 0 Å². The van der Waals surface area contributed by atoms with Crippen molar-refractivity contribution >= 4 is 42.1 Å². The van der Waals surface area contributed by atoms with Gasteiger partial charge in [0.25, 0.3) is 5.91 Å². The molecule has 0 bridgehead atoms. The van der Waals surface area contributed by atoms with Crippen LogP contribution in [0, 0.1) is 6.92 Å². The molecule has 156 valence electrons.